The van der Waals surface area contributed by atoms with Gasteiger partial charge in [0.15, 0.2) is 0 Å². The highest BCUT2D eigenvalue weighted by Gasteiger charge is 2.54. The Morgan fingerprint density at radius 2 is 1.86 bits per heavy atom. The lowest BCUT2D eigenvalue weighted by Crippen LogP contribution is -2.73. The normalized spacial score (nSPS) is 23.8. The number of nitrogens with zero attached hydrogens (tertiary/aromatic N) is 2. The fraction of sp³-hybridized carbons (Fsp3) is 0.300. The van der Waals surface area contributed by atoms with Crippen molar-refractivity contribution >= 4 is 33.6 Å². The Kier molecular flexibility index (Phi) is 5.07. The largest absolute Gasteiger partial charge is 0.394 e. The summed E-state index contributed by atoms with van der Waals surface area (Å²) in [6, 6.07) is 12.4. The molecule has 2 aromatic carbocycles. The fourth-order valence-corrected chi connectivity index (χ4v) is 4.34. The molecule has 28 heavy (non-hydrogen) atoms. The van der Waals surface area contributed by atoms with E-state index in [0.717, 1.165) is 10.0 Å². The number of urea groups is 1. The fourth-order valence-electron chi connectivity index (χ4n) is 4.07. The molecule has 0 aromatic heterocycles. The predicted octanol–water partition coefficient (Wildman–Crippen LogP) is 2.79. The van der Waals surface area contributed by atoms with Gasteiger partial charge in [-0.1, -0.05) is 28.1 Å². The molecule has 0 bridgehead atoms. The van der Waals surface area contributed by atoms with Crippen molar-refractivity contribution in [2.45, 2.75) is 18.0 Å². The maximum atomic E-state index is 13.0. The van der Waals surface area contributed by atoms with Crippen LogP contribution in [0.5, 0.6) is 0 Å². The molecule has 2 aromatic rings. The van der Waals surface area contributed by atoms with Gasteiger partial charge in [-0.3, -0.25) is 4.79 Å². The number of anilines is 1. The van der Waals surface area contributed by atoms with Crippen LogP contribution >= 0.6 is 15.9 Å². The molecular weight excluding hydrogens is 429 g/mol. The van der Waals surface area contributed by atoms with Crippen LogP contribution in [-0.2, 0) is 4.79 Å². The van der Waals surface area contributed by atoms with E-state index in [2.05, 4.69) is 21.2 Å². The third-order valence-corrected chi connectivity index (χ3v) is 5.92. The zero-order valence-corrected chi connectivity index (χ0v) is 16.5. The second kappa shape index (κ2) is 7.52. The molecule has 2 saturated heterocycles. The maximum absolute atomic E-state index is 13.0. The van der Waals surface area contributed by atoms with Crippen LogP contribution in [0.3, 0.4) is 0 Å². The number of rotatable bonds is 3. The number of carbonyl (C=O) groups excluding carboxylic acids is 2. The first kappa shape index (κ1) is 18.9. The molecule has 2 aliphatic rings. The second-order valence-electron chi connectivity index (χ2n) is 7.01. The number of amides is 3. The van der Waals surface area contributed by atoms with Crippen LogP contribution in [0.1, 0.15) is 11.5 Å². The van der Waals surface area contributed by atoms with Crippen LogP contribution in [0.4, 0.5) is 14.9 Å². The molecule has 0 radical (unpaired) electrons. The molecule has 3 amide bonds. The Morgan fingerprint density at radius 3 is 2.50 bits per heavy atom. The molecule has 2 fully saturated rings. The minimum atomic E-state index is -0.401. The number of benzene rings is 2. The van der Waals surface area contributed by atoms with Gasteiger partial charge in [0.05, 0.1) is 18.7 Å². The molecule has 0 saturated carbocycles. The molecule has 8 heteroatoms. The topological polar surface area (TPSA) is 72.9 Å². The van der Waals surface area contributed by atoms with E-state index in [0.29, 0.717) is 12.2 Å². The molecule has 2 heterocycles. The molecule has 0 spiro atoms. The lowest BCUT2D eigenvalue weighted by molar-refractivity contribution is -0.159. The SMILES string of the molecule is O=C(Nc1ccc(F)cc1)N1CC(=O)N2[C@H](C1)[C@H](c1ccc(Br)cc1)[C@@H]2CO. The van der Waals surface area contributed by atoms with Gasteiger partial charge >= 0.3 is 6.03 Å². The van der Waals surface area contributed by atoms with Crippen molar-refractivity contribution in [3.63, 3.8) is 0 Å². The minimum Gasteiger partial charge on any atom is -0.394 e. The van der Waals surface area contributed by atoms with Gasteiger partial charge in [0.2, 0.25) is 5.91 Å². The van der Waals surface area contributed by atoms with Crippen molar-refractivity contribution < 1.29 is 19.1 Å². The predicted molar refractivity (Wildman–Crippen MR) is 105 cm³/mol. The van der Waals surface area contributed by atoms with Crippen molar-refractivity contribution in [3.05, 3.63) is 64.4 Å². The second-order valence-corrected chi connectivity index (χ2v) is 7.93. The van der Waals surface area contributed by atoms with Crippen molar-refractivity contribution in [1.82, 2.24) is 9.80 Å². The molecule has 146 valence electrons. The number of carbonyl (C=O) groups is 2. The summed E-state index contributed by atoms with van der Waals surface area (Å²) >= 11 is 3.41. The van der Waals surface area contributed by atoms with E-state index in [4.69, 9.17) is 0 Å². The summed E-state index contributed by atoms with van der Waals surface area (Å²) in [6.07, 6.45) is 0. The van der Waals surface area contributed by atoms with E-state index in [1.165, 1.54) is 29.2 Å². The first-order valence-electron chi connectivity index (χ1n) is 8.97. The standard InChI is InChI=1S/C20H19BrFN3O3/c21-13-3-1-12(2-4-13)19-16-9-24(10-18(27)25(16)17(19)11-26)20(28)23-15-7-5-14(22)6-8-15/h1-8,16-17,19,26H,9-11H2,(H,23,28)/t16-,17+,19+/m1/s1. The summed E-state index contributed by atoms with van der Waals surface area (Å²) in [7, 11) is 0. The molecule has 2 aliphatic heterocycles. The number of hydrogen-bond donors (Lipinski definition) is 2. The Bertz CT molecular complexity index is 891. The first-order chi connectivity index (χ1) is 13.5. The summed E-state index contributed by atoms with van der Waals surface area (Å²) in [5.41, 5.74) is 1.49. The summed E-state index contributed by atoms with van der Waals surface area (Å²) in [5, 5.41) is 12.5. The first-order valence-corrected chi connectivity index (χ1v) is 9.76. The van der Waals surface area contributed by atoms with Crippen molar-refractivity contribution in [3.8, 4) is 0 Å². The highest BCUT2D eigenvalue weighted by Crippen LogP contribution is 2.43. The highest BCUT2D eigenvalue weighted by molar-refractivity contribution is 9.10. The van der Waals surface area contributed by atoms with Gasteiger partial charge in [-0.15, -0.1) is 0 Å². The van der Waals surface area contributed by atoms with Gasteiger partial charge in [0.25, 0.3) is 0 Å². The van der Waals surface area contributed by atoms with E-state index in [1.807, 2.05) is 24.3 Å². The average molecular weight is 448 g/mol. The molecule has 4 rings (SSSR count). The minimum absolute atomic E-state index is 0.0385. The highest BCUT2D eigenvalue weighted by atomic mass is 79.9. The lowest BCUT2D eigenvalue weighted by Gasteiger charge is -2.58. The van der Waals surface area contributed by atoms with E-state index in [-0.39, 0.29) is 42.9 Å². The zero-order valence-electron chi connectivity index (χ0n) is 14.9. The van der Waals surface area contributed by atoms with Crippen LogP contribution in [0, 0.1) is 5.82 Å². The van der Waals surface area contributed by atoms with Crippen LogP contribution < -0.4 is 5.32 Å². The quantitative estimate of drug-likeness (QED) is 0.759. The van der Waals surface area contributed by atoms with Gasteiger partial charge in [0, 0.05) is 22.6 Å². The molecular formula is C20H19BrFN3O3. The number of fused-ring (bicyclic) bond motifs is 1. The van der Waals surface area contributed by atoms with Crippen LogP contribution in [0.2, 0.25) is 0 Å². The van der Waals surface area contributed by atoms with E-state index in [9.17, 15) is 19.1 Å². The molecule has 0 aliphatic carbocycles. The molecule has 3 atom stereocenters. The third-order valence-electron chi connectivity index (χ3n) is 5.39. The average Bonchev–Trinajstić information content (AvgIpc) is 2.66. The third kappa shape index (κ3) is 3.38. The Balaban J connectivity index is 1.51. The maximum Gasteiger partial charge on any atom is 0.322 e. The summed E-state index contributed by atoms with van der Waals surface area (Å²) in [4.78, 5) is 28.4. The van der Waals surface area contributed by atoms with Gasteiger partial charge in [0.1, 0.15) is 12.4 Å². The molecule has 0 unspecified atom stereocenters. The Morgan fingerprint density at radius 1 is 1.18 bits per heavy atom. The van der Waals surface area contributed by atoms with Crippen molar-refractivity contribution in [2.75, 3.05) is 25.0 Å². The number of halogens is 2. The summed E-state index contributed by atoms with van der Waals surface area (Å²) in [5.74, 6) is -0.606. The smallest absolute Gasteiger partial charge is 0.322 e. The number of hydrogen-bond acceptors (Lipinski definition) is 3. The van der Waals surface area contributed by atoms with Gasteiger partial charge in [-0.05, 0) is 42.0 Å². The molecule has 2 N–H and O–H groups in total. The Labute approximate surface area is 170 Å². The van der Waals surface area contributed by atoms with E-state index in [1.54, 1.807) is 4.90 Å². The van der Waals surface area contributed by atoms with Gasteiger partial charge in [-0.2, -0.15) is 0 Å². The van der Waals surface area contributed by atoms with Gasteiger partial charge in [-0.25, -0.2) is 9.18 Å². The van der Waals surface area contributed by atoms with E-state index < -0.39 is 6.03 Å². The monoisotopic (exact) mass is 447 g/mol. The zero-order chi connectivity index (χ0) is 19.8. The van der Waals surface area contributed by atoms with Crippen molar-refractivity contribution in [1.29, 1.82) is 0 Å². The number of aliphatic hydroxyl groups is 1. The Hall–Kier alpha value is -2.45. The van der Waals surface area contributed by atoms with Crippen LogP contribution in [0.25, 0.3) is 0 Å². The van der Waals surface area contributed by atoms with Crippen LogP contribution in [-0.4, -0.2) is 58.6 Å². The van der Waals surface area contributed by atoms with Crippen LogP contribution in [0.15, 0.2) is 53.0 Å². The summed E-state index contributed by atoms with van der Waals surface area (Å²) in [6.45, 7) is 0.202. The summed E-state index contributed by atoms with van der Waals surface area (Å²) < 4.78 is 14.0. The lowest BCUT2D eigenvalue weighted by atomic mass is 9.74. The number of nitrogens with one attached hydrogen (secondary N) is 1. The van der Waals surface area contributed by atoms with Crippen molar-refractivity contribution in [2.24, 2.45) is 0 Å². The number of aliphatic hydroxyl groups excluding tert-OH is 1. The molecule has 6 nitrogen and oxygen atoms in total. The van der Waals surface area contributed by atoms with Gasteiger partial charge < -0.3 is 20.2 Å². The van der Waals surface area contributed by atoms with E-state index >= 15 is 0 Å². The number of piperazine rings is 1.